The summed E-state index contributed by atoms with van der Waals surface area (Å²) in [5, 5.41) is 15.7. The van der Waals surface area contributed by atoms with E-state index in [1.165, 1.54) is 6.07 Å². The molecule has 3 N–H and O–H groups in total. The molecule has 0 aliphatic rings. The van der Waals surface area contributed by atoms with Crippen molar-refractivity contribution >= 4 is 23.1 Å². The van der Waals surface area contributed by atoms with Crippen molar-refractivity contribution in [3.05, 3.63) is 89.0 Å². The van der Waals surface area contributed by atoms with Crippen molar-refractivity contribution in [2.45, 2.75) is 26.2 Å². The van der Waals surface area contributed by atoms with E-state index in [1.54, 1.807) is 38.2 Å². The Kier molecular flexibility index (Phi) is 5.92. The fourth-order valence-corrected chi connectivity index (χ4v) is 3.31. The maximum Gasteiger partial charge on any atom is 0.255 e. The molecule has 0 radical (unpaired) electrons. The average Bonchev–Trinajstić information content (AvgIpc) is 2.75. The lowest BCUT2D eigenvalue weighted by atomic mass is 9.77. The van der Waals surface area contributed by atoms with Crippen LogP contribution in [0.3, 0.4) is 0 Å². The number of phenolic OH excluding ortho intramolecular Hbond substituents is 1. The van der Waals surface area contributed by atoms with E-state index in [4.69, 9.17) is 0 Å². The molecule has 3 aromatic rings. The van der Waals surface area contributed by atoms with Gasteiger partial charge < -0.3 is 15.7 Å². The lowest BCUT2D eigenvalue weighted by Gasteiger charge is -2.26. The van der Waals surface area contributed by atoms with Gasteiger partial charge in [0.15, 0.2) is 5.78 Å². The molecule has 0 spiro atoms. The molecular formula is C25H26N2O3. The average molecular weight is 402 g/mol. The summed E-state index contributed by atoms with van der Waals surface area (Å²) in [6.45, 7) is 5.76. The van der Waals surface area contributed by atoms with Crippen LogP contribution in [-0.4, -0.2) is 23.8 Å². The molecule has 5 heteroatoms. The summed E-state index contributed by atoms with van der Waals surface area (Å²) in [7, 11) is 1.77. The highest BCUT2D eigenvalue weighted by Crippen LogP contribution is 2.32. The van der Waals surface area contributed by atoms with E-state index < -0.39 is 0 Å². The van der Waals surface area contributed by atoms with Gasteiger partial charge in [0, 0.05) is 29.3 Å². The Hall–Kier alpha value is -3.60. The minimum Gasteiger partial charge on any atom is -0.506 e. The molecule has 30 heavy (non-hydrogen) atoms. The zero-order valence-corrected chi connectivity index (χ0v) is 17.6. The van der Waals surface area contributed by atoms with Crippen molar-refractivity contribution < 1.29 is 14.7 Å². The highest BCUT2D eigenvalue weighted by atomic mass is 16.3. The number of benzene rings is 3. The Bertz CT molecular complexity index is 1070. The summed E-state index contributed by atoms with van der Waals surface area (Å²) in [5.74, 6) is -0.246. The fraction of sp³-hybridized carbons (Fsp3) is 0.200. The van der Waals surface area contributed by atoms with Gasteiger partial charge in [-0.05, 0) is 48.4 Å². The Morgan fingerprint density at radius 1 is 0.833 bits per heavy atom. The SMILES string of the molecule is CNc1ccc(O)c(NC(=O)c2ccc(C(C)(C)c3ccc(C(C)=O)cc3)cc2)c1. The highest BCUT2D eigenvalue weighted by Gasteiger charge is 2.23. The number of phenols is 1. The predicted molar refractivity (Wildman–Crippen MR) is 121 cm³/mol. The molecule has 1 amide bonds. The highest BCUT2D eigenvalue weighted by molar-refractivity contribution is 6.05. The van der Waals surface area contributed by atoms with Crippen LogP contribution in [0.15, 0.2) is 66.7 Å². The van der Waals surface area contributed by atoms with E-state index in [0.717, 1.165) is 16.8 Å². The third kappa shape index (κ3) is 4.35. The third-order valence-electron chi connectivity index (χ3n) is 5.42. The second-order valence-electron chi connectivity index (χ2n) is 7.77. The first kappa shape index (κ1) is 21.1. The van der Waals surface area contributed by atoms with E-state index in [-0.39, 0.29) is 22.9 Å². The maximum atomic E-state index is 12.6. The van der Waals surface area contributed by atoms with E-state index in [1.807, 2.05) is 36.4 Å². The summed E-state index contributed by atoms with van der Waals surface area (Å²) in [5.41, 5.74) is 4.16. The fourth-order valence-electron chi connectivity index (χ4n) is 3.31. The summed E-state index contributed by atoms with van der Waals surface area (Å²) in [6.07, 6.45) is 0. The number of hydrogen-bond acceptors (Lipinski definition) is 4. The van der Waals surface area contributed by atoms with Crippen LogP contribution in [-0.2, 0) is 5.41 Å². The normalized spacial score (nSPS) is 11.1. The molecule has 0 heterocycles. The zero-order valence-electron chi connectivity index (χ0n) is 17.6. The lowest BCUT2D eigenvalue weighted by Crippen LogP contribution is -2.19. The standard InChI is InChI=1S/C25H26N2O3/c1-16(28)17-5-9-19(10-6-17)25(2,3)20-11-7-18(8-12-20)24(30)27-22-15-21(26-4)13-14-23(22)29/h5-15,26,29H,1-4H3,(H,27,30). The first-order chi connectivity index (χ1) is 14.2. The Morgan fingerprint density at radius 2 is 1.37 bits per heavy atom. The van der Waals surface area contributed by atoms with E-state index in [0.29, 0.717) is 16.8 Å². The summed E-state index contributed by atoms with van der Waals surface area (Å²) in [4.78, 5) is 24.1. The van der Waals surface area contributed by atoms with Crippen molar-refractivity contribution in [1.82, 2.24) is 0 Å². The van der Waals surface area contributed by atoms with Gasteiger partial charge >= 0.3 is 0 Å². The second-order valence-corrected chi connectivity index (χ2v) is 7.77. The van der Waals surface area contributed by atoms with Crippen LogP contribution in [0.2, 0.25) is 0 Å². The summed E-state index contributed by atoms with van der Waals surface area (Å²) >= 11 is 0. The summed E-state index contributed by atoms with van der Waals surface area (Å²) in [6, 6.07) is 20.0. The van der Waals surface area contributed by atoms with Crippen LogP contribution in [0.5, 0.6) is 5.75 Å². The second kappa shape index (κ2) is 8.41. The molecule has 0 saturated carbocycles. The molecule has 0 saturated heterocycles. The largest absolute Gasteiger partial charge is 0.506 e. The van der Waals surface area contributed by atoms with Gasteiger partial charge in [0.05, 0.1) is 5.69 Å². The molecule has 0 aromatic heterocycles. The van der Waals surface area contributed by atoms with Crippen LogP contribution >= 0.6 is 0 Å². The van der Waals surface area contributed by atoms with Crippen LogP contribution in [0.4, 0.5) is 11.4 Å². The third-order valence-corrected chi connectivity index (χ3v) is 5.42. The summed E-state index contributed by atoms with van der Waals surface area (Å²) < 4.78 is 0. The van der Waals surface area contributed by atoms with Crippen molar-refractivity contribution in [1.29, 1.82) is 0 Å². The Labute approximate surface area is 176 Å². The molecule has 154 valence electrons. The molecule has 0 unspecified atom stereocenters. The number of amides is 1. The van der Waals surface area contributed by atoms with Crippen molar-refractivity contribution in [2.24, 2.45) is 0 Å². The molecule has 0 atom stereocenters. The topological polar surface area (TPSA) is 78.4 Å². The molecule has 3 aromatic carbocycles. The van der Waals surface area contributed by atoms with Gasteiger partial charge in [0.2, 0.25) is 0 Å². The monoisotopic (exact) mass is 402 g/mol. The number of Topliss-reactive ketones (excluding diaryl/α,β-unsaturated/α-hetero) is 1. The van der Waals surface area contributed by atoms with E-state index in [9.17, 15) is 14.7 Å². The molecule has 0 aliphatic heterocycles. The number of nitrogens with one attached hydrogen (secondary N) is 2. The Morgan fingerprint density at radius 3 is 1.87 bits per heavy atom. The molecular weight excluding hydrogens is 376 g/mol. The van der Waals surface area contributed by atoms with Crippen molar-refractivity contribution in [3.63, 3.8) is 0 Å². The van der Waals surface area contributed by atoms with Gasteiger partial charge in [0.1, 0.15) is 5.75 Å². The van der Waals surface area contributed by atoms with E-state index in [2.05, 4.69) is 24.5 Å². The van der Waals surface area contributed by atoms with E-state index >= 15 is 0 Å². The molecule has 0 fully saturated rings. The molecule has 3 rings (SSSR count). The number of aromatic hydroxyl groups is 1. The van der Waals surface area contributed by atoms with Crippen LogP contribution in [0.1, 0.15) is 52.6 Å². The maximum absolute atomic E-state index is 12.6. The van der Waals surface area contributed by atoms with Crippen LogP contribution < -0.4 is 10.6 Å². The van der Waals surface area contributed by atoms with Gasteiger partial charge in [-0.25, -0.2) is 0 Å². The number of carbonyl (C=O) groups is 2. The van der Waals surface area contributed by atoms with Gasteiger partial charge in [-0.3, -0.25) is 9.59 Å². The first-order valence-corrected chi connectivity index (χ1v) is 9.76. The number of ketones is 1. The number of anilines is 2. The van der Waals surface area contributed by atoms with Crippen LogP contribution in [0.25, 0.3) is 0 Å². The van der Waals surface area contributed by atoms with Crippen LogP contribution in [0, 0.1) is 0 Å². The number of carbonyl (C=O) groups excluding carboxylic acids is 2. The number of hydrogen-bond donors (Lipinski definition) is 3. The minimum absolute atomic E-state index is 0.00844. The molecule has 0 aliphatic carbocycles. The van der Waals surface area contributed by atoms with Gasteiger partial charge in [-0.2, -0.15) is 0 Å². The number of rotatable bonds is 6. The zero-order chi connectivity index (χ0) is 21.9. The van der Waals surface area contributed by atoms with Crippen molar-refractivity contribution in [3.8, 4) is 5.75 Å². The first-order valence-electron chi connectivity index (χ1n) is 9.76. The predicted octanol–water partition coefficient (Wildman–Crippen LogP) is 5.21. The lowest BCUT2D eigenvalue weighted by molar-refractivity contribution is 0.101. The smallest absolute Gasteiger partial charge is 0.255 e. The quantitative estimate of drug-likeness (QED) is 0.300. The molecule has 5 nitrogen and oxygen atoms in total. The van der Waals surface area contributed by atoms with Gasteiger partial charge in [-0.15, -0.1) is 0 Å². The van der Waals surface area contributed by atoms with Crippen molar-refractivity contribution in [2.75, 3.05) is 17.7 Å². The molecule has 0 bridgehead atoms. The van der Waals surface area contributed by atoms with Gasteiger partial charge in [0.25, 0.3) is 5.91 Å². The minimum atomic E-state index is -0.297. The van der Waals surface area contributed by atoms with Gasteiger partial charge in [-0.1, -0.05) is 50.2 Å². The Balaban J connectivity index is 1.79.